The van der Waals surface area contributed by atoms with Gasteiger partial charge in [-0.1, -0.05) is 37.3 Å². The zero-order valence-corrected chi connectivity index (χ0v) is 14.4. The molecule has 0 aliphatic carbocycles. The monoisotopic (exact) mass is 367 g/mol. The summed E-state index contributed by atoms with van der Waals surface area (Å²) in [5, 5.41) is 3.45. The maximum Gasteiger partial charge on any atom is 0.126 e. The zero-order valence-electron chi connectivity index (χ0n) is 12.0. The fraction of sp³-hybridized carbons (Fsp3) is 0.294. The molecule has 0 amide bonds. The van der Waals surface area contributed by atoms with E-state index in [0.29, 0.717) is 6.42 Å². The second-order valence-corrected chi connectivity index (χ2v) is 6.71. The zero-order chi connectivity index (χ0) is 15.1. The number of thioether (sulfide) groups is 1. The van der Waals surface area contributed by atoms with Crippen molar-refractivity contribution in [2.75, 3.05) is 12.3 Å². The molecule has 0 aromatic heterocycles. The van der Waals surface area contributed by atoms with E-state index in [1.54, 1.807) is 17.8 Å². The summed E-state index contributed by atoms with van der Waals surface area (Å²) in [5.41, 5.74) is 0.774. The van der Waals surface area contributed by atoms with Crippen molar-refractivity contribution in [3.8, 4) is 0 Å². The number of benzene rings is 2. The highest BCUT2D eigenvalue weighted by atomic mass is 79.9. The van der Waals surface area contributed by atoms with Crippen LogP contribution in [0.3, 0.4) is 0 Å². The highest BCUT2D eigenvalue weighted by Gasteiger charge is 2.12. The molecule has 1 nitrogen and oxygen atoms in total. The lowest BCUT2D eigenvalue weighted by Crippen LogP contribution is -2.33. The van der Waals surface area contributed by atoms with Crippen LogP contribution < -0.4 is 5.32 Å². The molecular formula is C17H19BrFNS. The lowest BCUT2D eigenvalue weighted by molar-refractivity contribution is 0.545. The van der Waals surface area contributed by atoms with Crippen LogP contribution in [0.1, 0.15) is 12.5 Å². The van der Waals surface area contributed by atoms with Crippen molar-refractivity contribution >= 4 is 27.7 Å². The Hall–Kier alpha value is -0.840. The molecule has 0 saturated carbocycles. The first-order valence-electron chi connectivity index (χ1n) is 7.04. The van der Waals surface area contributed by atoms with Gasteiger partial charge in [-0.3, -0.25) is 0 Å². The first-order chi connectivity index (χ1) is 10.2. The van der Waals surface area contributed by atoms with Gasteiger partial charge in [0.2, 0.25) is 0 Å². The van der Waals surface area contributed by atoms with E-state index in [4.69, 9.17) is 0 Å². The first kappa shape index (κ1) is 16.5. The standard InChI is InChI=1S/C17H19BrFNS/c1-2-20-14(11-13-7-3-5-9-16(13)19)12-21-17-10-6-4-8-15(17)18/h3-10,14,20H,2,11-12H2,1H3. The largest absolute Gasteiger partial charge is 0.313 e. The Labute approximate surface area is 138 Å². The molecule has 1 unspecified atom stereocenters. The minimum Gasteiger partial charge on any atom is -0.313 e. The minimum atomic E-state index is -0.119. The van der Waals surface area contributed by atoms with Crippen LogP contribution in [0, 0.1) is 5.82 Å². The third kappa shape index (κ3) is 5.13. The van der Waals surface area contributed by atoms with Crippen molar-refractivity contribution in [3.05, 3.63) is 64.4 Å². The van der Waals surface area contributed by atoms with E-state index in [1.165, 1.54) is 11.0 Å². The molecule has 0 heterocycles. The highest BCUT2D eigenvalue weighted by molar-refractivity contribution is 9.10. The van der Waals surface area contributed by atoms with Gasteiger partial charge in [-0.2, -0.15) is 0 Å². The van der Waals surface area contributed by atoms with Gasteiger partial charge in [0.25, 0.3) is 0 Å². The van der Waals surface area contributed by atoms with Crippen LogP contribution in [0.25, 0.3) is 0 Å². The molecule has 0 fully saturated rings. The Bertz CT molecular complexity index is 576. The molecule has 0 radical (unpaired) electrons. The van der Waals surface area contributed by atoms with E-state index < -0.39 is 0 Å². The fourth-order valence-corrected chi connectivity index (χ4v) is 3.79. The van der Waals surface area contributed by atoms with Gasteiger partial charge in [0.05, 0.1) is 0 Å². The molecule has 21 heavy (non-hydrogen) atoms. The SMILES string of the molecule is CCNC(CSc1ccccc1Br)Cc1ccccc1F. The Kier molecular flexibility index (Phi) is 6.74. The fourth-order valence-electron chi connectivity index (χ4n) is 2.16. The molecule has 2 rings (SSSR count). The average Bonchev–Trinajstić information content (AvgIpc) is 2.48. The molecule has 0 spiro atoms. The van der Waals surface area contributed by atoms with E-state index in [-0.39, 0.29) is 11.9 Å². The van der Waals surface area contributed by atoms with E-state index in [0.717, 1.165) is 22.3 Å². The summed E-state index contributed by atoms with van der Waals surface area (Å²) in [6.45, 7) is 2.97. The molecule has 2 aromatic carbocycles. The van der Waals surface area contributed by atoms with Crippen LogP contribution in [0.4, 0.5) is 4.39 Å². The van der Waals surface area contributed by atoms with E-state index in [1.807, 2.05) is 30.3 Å². The van der Waals surface area contributed by atoms with Gasteiger partial charge in [-0.15, -0.1) is 11.8 Å². The summed E-state index contributed by atoms with van der Waals surface area (Å²) in [6.07, 6.45) is 0.706. The number of hydrogen-bond acceptors (Lipinski definition) is 2. The summed E-state index contributed by atoms with van der Waals surface area (Å²) in [6, 6.07) is 15.5. The Morgan fingerprint density at radius 3 is 2.57 bits per heavy atom. The predicted octanol–water partition coefficient (Wildman–Crippen LogP) is 4.90. The van der Waals surface area contributed by atoms with Crippen molar-refractivity contribution in [3.63, 3.8) is 0 Å². The lowest BCUT2D eigenvalue weighted by atomic mass is 10.1. The molecule has 2 aromatic rings. The maximum atomic E-state index is 13.8. The van der Waals surface area contributed by atoms with Gasteiger partial charge in [0, 0.05) is 21.2 Å². The molecule has 1 atom stereocenters. The Morgan fingerprint density at radius 1 is 1.14 bits per heavy atom. The van der Waals surface area contributed by atoms with Crippen molar-refractivity contribution in [2.45, 2.75) is 24.3 Å². The smallest absolute Gasteiger partial charge is 0.126 e. The summed E-state index contributed by atoms with van der Waals surface area (Å²) in [7, 11) is 0. The number of hydrogen-bond donors (Lipinski definition) is 1. The van der Waals surface area contributed by atoms with Crippen LogP contribution in [0.2, 0.25) is 0 Å². The van der Waals surface area contributed by atoms with Gasteiger partial charge in [0.15, 0.2) is 0 Å². The number of likely N-dealkylation sites (N-methyl/N-ethyl adjacent to an activating group) is 1. The normalized spacial score (nSPS) is 12.3. The van der Waals surface area contributed by atoms with Crippen LogP contribution in [-0.2, 0) is 6.42 Å². The van der Waals surface area contributed by atoms with Gasteiger partial charge < -0.3 is 5.32 Å². The van der Waals surface area contributed by atoms with Crippen molar-refractivity contribution in [1.29, 1.82) is 0 Å². The summed E-state index contributed by atoms with van der Waals surface area (Å²) >= 11 is 5.35. The molecular weight excluding hydrogens is 349 g/mol. The lowest BCUT2D eigenvalue weighted by Gasteiger charge is -2.18. The molecule has 0 aliphatic heterocycles. The molecule has 0 saturated heterocycles. The molecule has 1 N–H and O–H groups in total. The van der Waals surface area contributed by atoms with E-state index in [9.17, 15) is 4.39 Å². The van der Waals surface area contributed by atoms with Crippen molar-refractivity contribution in [1.82, 2.24) is 5.32 Å². The molecule has 4 heteroatoms. The summed E-state index contributed by atoms with van der Waals surface area (Å²) in [4.78, 5) is 1.22. The van der Waals surface area contributed by atoms with Gasteiger partial charge in [-0.05, 0) is 52.7 Å². The highest BCUT2D eigenvalue weighted by Crippen LogP contribution is 2.28. The number of halogens is 2. The number of nitrogens with one attached hydrogen (secondary N) is 1. The van der Waals surface area contributed by atoms with E-state index in [2.05, 4.69) is 34.2 Å². The van der Waals surface area contributed by atoms with E-state index >= 15 is 0 Å². The minimum absolute atomic E-state index is 0.119. The predicted molar refractivity (Wildman–Crippen MR) is 92.4 cm³/mol. The second kappa shape index (κ2) is 8.57. The quantitative estimate of drug-likeness (QED) is 0.698. The van der Waals surface area contributed by atoms with Crippen LogP contribution in [-0.4, -0.2) is 18.3 Å². The van der Waals surface area contributed by atoms with Crippen molar-refractivity contribution in [2.24, 2.45) is 0 Å². The van der Waals surface area contributed by atoms with Gasteiger partial charge in [0.1, 0.15) is 5.82 Å². The Morgan fingerprint density at radius 2 is 1.86 bits per heavy atom. The molecule has 112 valence electrons. The third-order valence-corrected chi connectivity index (χ3v) is 5.38. The average molecular weight is 368 g/mol. The third-order valence-electron chi connectivity index (χ3n) is 3.19. The van der Waals surface area contributed by atoms with Crippen LogP contribution in [0.5, 0.6) is 0 Å². The second-order valence-electron chi connectivity index (χ2n) is 4.79. The molecule has 0 bridgehead atoms. The van der Waals surface area contributed by atoms with Crippen molar-refractivity contribution < 1.29 is 4.39 Å². The number of rotatable bonds is 7. The maximum absolute atomic E-state index is 13.8. The van der Waals surface area contributed by atoms with Gasteiger partial charge in [-0.25, -0.2) is 4.39 Å². The topological polar surface area (TPSA) is 12.0 Å². The summed E-state index contributed by atoms with van der Waals surface area (Å²) in [5.74, 6) is 0.788. The summed E-state index contributed by atoms with van der Waals surface area (Å²) < 4.78 is 14.9. The van der Waals surface area contributed by atoms with Crippen LogP contribution in [0.15, 0.2) is 57.9 Å². The molecule has 0 aliphatic rings. The Balaban J connectivity index is 1.99. The van der Waals surface area contributed by atoms with Gasteiger partial charge >= 0.3 is 0 Å². The van der Waals surface area contributed by atoms with Crippen LogP contribution >= 0.6 is 27.7 Å². The first-order valence-corrected chi connectivity index (χ1v) is 8.82.